The zero-order valence-electron chi connectivity index (χ0n) is 19.2. The van der Waals surface area contributed by atoms with Crippen molar-refractivity contribution in [3.05, 3.63) is 29.8 Å². The van der Waals surface area contributed by atoms with Crippen molar-refractivity contribution in [1.29, 1.82) is 0 Å². The Morgan fingerprint density at radius 1 is 1.10 bits per heavy atom. The average Bonchev–Trinajstić information content (AvgIpc) is 2.66. The molecule has 1 aromatic carbocycles. The molecule has 2 N–H and O–H groups in total. The van der Waals surface area contributed by atoms with E-state index < -0.39 is 9.84 Å². The fourth-order valence-corrected chi connectivity index (χ4v) is 3.92. The first-order chi connectivity index (χ1) is 13.6. The quantitative estimate of drug-likeness (QED) is 0.189. The van der Waals surface area contributed by atoms with Crippen molar-refractivity contribution in [3.8, 4) is 0 Å². The van der Waals surface area contributed by atoms with E-state index in [1.165, 1.54) is 0 Å². The third-order valence-corrected chi connectivity index (χ3v) is 6.37. The topological polar surface area (TPSA) is 83.0 Å². The summed E-state index contributed by atoms with van der Waals surface area (Å²) in [7, 11) is 2.11. The molecule has 0 aliphatic rings. The number of rotatable bonds is 11. The van der Waals surface area contributed by atoms with Crippen molar-refractivity contribution in [2.75, 3.05) is 59.7 Å². The van der Waals surface area contributed by atoms with Gasteiger partial charge in [0.1, 0.15) is 0 Å². The first kappa shape index (κ1) is 29.1. The monoisotopic (exact) mass is 554 g/mol. The van der Waals surface area contributed by atoms with Gasteiger partial charge in [-0.15, -0.1) is 24.0 Å². The van der Waals surface area contributed by atoms with Gasteiger partial charge in [0.15, 0.2) is 15.8 Å². The van der Waals surface area contributed by atoms with Crippen LogP contribution in [0.3, 0.4) is 0 Å². The summed E-state index contributed by atoms with van der Waals surface area (Å²) in [5, 5.41) is 6.29. The van der Waals surface area contributed by atoms with E-state index in [0.717, 1.165) is 38.2 Å². The van der Waals surface area contributed by atoms with Crippen LogP contribution in [-0.2, 0) is 20.0 Å². The number of sulfone groups is 1. The van der Waals surface area contributed by atoms with Gasteiger partial charge in [-0.05, 0) is 36.6 Å². The zero-order valence-corrected chi connectivity index (χ0v) is 22.3. The van der Waals surface area contributed by atoms with E-state index in [4.69, 9.17) is 4.74 Å². The molecule has 1 rings (SSSR count). The van der Waals surface area contributed by atoms with Crippen molar-refractivity contribution in [1.82, 2.24) is 15.5 Å². The van der Waals surface area contributed by atoms with Crippen LogP contribution in [0.1, 0.15) is 32.8 Å². The van der Waals surface area contributed by atoms with Gasteiger partial charge in [-0.1, -0.05) is 32.9 Å². The average molecular weight is 555 g/mol. The number of benzene rings is 1. The highest BCUT2D eigenvalue weighted by Crippen LogP contribution is 2.23. The maximum absolute atomic E-state index is 12.6. The first-order valence-electron chi connectivity index (χ1n) is 10.1. The van der Waals surface area contributed by atoms with Crippen molar-refractivity contribution >= 4 is 39.8 Å². The van der Waals surface area contributed by atoms with Gasteiger partial charge < -0.3 is 20.3 Å². The lowest BCUT2D eigenvalue weighted by atomic mass is 9.87. The standard InChI is InChI=1S/C21H38N4O3S.HI/c1-21(2,3)18-8-10-19(11-9-18)29(26,27)17-13-24-20(22-4)23-12-15-25(5)14-7-16-28-6;/h8-11H,7,12-17H2,1-6H3,(H2,22,23,24);1H. The van der Waals surface area contributed by atoms with E-state index in [1.54, 1.807) is 26.3 Å². The fraction of sp³-hybridized carbons (Fsp3) is 0.667. The predicted molar refractivity (Wildman–Crippen MR) is 136 cm³/mol. The third kappa shape index (κ3) is 10.9. The largest absolute Gasteiger partial charge is 0.385 e. The summed E-state index contributed by atoms with van der Waals surface area (Å²) < 4.78 is 30.2. The summed E-state index contributed by atoms with van der Waals surface area (Å²) >= 11 is 0. The Balaban J connectivity index is 0.00000841. The smallest absolute Gasteiger partial charge is 0.191 e. The SMILES string of the molecule is CN=C(NCCN(C)CCCOC)NCCS(=O)(=O)c1ccc(C(C)(C)C)cc1.I. The lowest BCUT2D eigenvalue weighted by molar-refractivity contribution is 0.180. The summed E-state index contributed by atoms with van der Waals surface area (Å²) in [5.74, 6) is 0.619. The number of aliphatic imine (C=N–C) groups is 1. The van der Waals surface area contributed by atoms with Gasteiger partial charge in [0.2, 0.25) is 0 Å². The second-order valence-corrected chi connectivity index (χ2v) is 10.3. The molecule has 0 spiro atoms. The van der Waals surface area contributed by atoms with Crippen LogP contribution in [0.5, 0.6) is 0 Å². The maximum Gasteiger partial charge on any atom is 0.191 e. The number of halogens is 1. The van der Waals surface area contributed by atoms with Crippen molar-refractivity contribution in [2.45, 2.75) is 37.5 Å². The fourth-order valence-electron chi connectivity index (χ4n) is 2.76. The predicted octanol–water partition coefficient (Wildman–Crippen LogP) is 2.51. The zero-order chi connectivity index (χ0) is 21.9. The number of hydrogen-bond donors (Lipinski definition) is 2. The third-order valence-electron chi connectivity index (χ3n) is 4.64. The van der Waals surface area contributed by atoms with Crippen LogP contribution in [0.25, 0.3) is 0 Å². The minimum atomic E-state index is -3.34. The molecule has 0 aromatic heterocycles. The second-order valence-electron chi connectivity index (χ2n) is 8.17. The molecule has 9 heteroatoms. The van der Waals surface area contributed by atoms with Crippen LogP contribution in [0.2, 0.25) is 0 Å². The van der Waals surface area contributed by atoms with E-state index in [2.05, 4.69) is 48.3 Å². The molecule has 30 heavy (non-hydrogen) atoms. The Bertz CT molecular complexity index is 732. The van der Waals surface area contributed by atoms with Gasteiger partial charge in [0, 0.05) is 46.9 Å². The van der Waals surface area contributed by atoms with Gasteiger partial charge in [-0.2, -0.15) is 0 Å². The molecule has 0 atom stereocenters. The van der Waals surface area contributed by atoms with Crippen LogP contribution >= 0.6 is 24.0 Å². The number of nitrogens with zero attached hydrogens (tertiary/aromatic N) is 2. The van der Waals surface area contributed by atoms with Crippen LogP contribution in [0.4, 0.5) is 0 Å². The highest BCUT2D eigenvalue weighted by atomic mass is 127. The van der Waals surface area contributed by atoms with Crippen molar-refractivity contribution in [3.63, 3.8) is 0 Å². The Kier molecular flexibility index (Phi) is 13.8. The molecule has 1 aromatic rings. The van der Waals surface area contributed by atoms with Gasteiger partial charge >= 0.3 is 0 Å². The minimum absolute atomic E-state index is 0. The van der Waals surface area contributed by atoms with Crippen LogP contribution in [-0.4, -0.2) is 79.0 Å². The number of guanidine groups is 1. The minimum Gasteiger partial charge on any atom is -0.385 e. The van der Waals surface area contributed by atoms with Gasteiger partial charge in [-0.3, -0.25) is 4.99 Å². The maximum atomic E-state index is 12.6. The Hall–Kier alpha value is -0.910. The van der Waals surface area contributed by atoms with E-state index in [0.29, 0.717) is 17.4 Å². The number of methoxy groups -OCH3 is 1. The van der Waals surface area contributed by atoms with Crippen LogP contribution < -0.4 is 10.6 Å². The lowest BCUT2D eigenvalue weighted by Gasteiger charge is -2.19. The highest BCUT2D eigenvalue weighted by Gasteiger charge is 2.17. The van der Waals surface area contributed by atoms with Crippen molar-refractivity contribution in [2.24, 2.45) is 4.99 Å². The molecule has 0 amide bonds. The van der Waals surface area contributed by atoms with Gasteiger partial charge in [0.05, 0.1) is 10.6 Å². The normalized spacial score (nSPS) is 12.6. The molecule has 0 saturated carbocycles. The molecule has 0 saturated heterocycles. The van der Waals surface area contributed by atoms with E-state index in [-0.39, 0.29) is 35.1 Å². The van der Waals surface area contributed by atoms with Crippen LogP contribution in [0, 0.1) is 0 Å². The first-order valence-corrected chi connectivity index (χ1v) is 11.7. The van der Waals surface area contributed by atoms with E-state index in [9.17, 15) is 8.42 Å². The molecule has 7 nitrogen and oxygen atoms in total. The molecule has 0 radical (unpaired) electrons. The Labute approximate surface area is 200 Å². The summed E-state index contributed by atoms with van der Waals surface area (Å²) in [6, 6.07) is 7.18. The van der Waals surface area contributed by atoms with Gasteiger partial charge in [-0.25, -0.2) is 8.42 Å². The highest BCUT2D eigenvalue weighted by molar-refractivity contribution is 14.0. The molecule has 0 aliphatic carbocycles. The summed E-state index contributed by atoms with van der Waals surface area (Å²) in [6.45, 7) is 9.94. The molecule has 0 fully saturated rings. The molecule has 0 unspecified atom stereocenters. The molecular formula is C21H39IN4O3S. The van der Waals surface area contributed by atoms with E-state index >= 15 is 0 Å². The summed E-state index contributed by atoms with van der Waals surface area (Å²) in [6.07, 6.45) is 0.995. The van der Waals surface area contributed by atoms with Gasteiger partial charge in [0.25, 0.3) is 0 Å². The summed E-state index contributed by atoms with van der Waals surface area (Å²) in [5.41, 5.74) is 1.12. The number of hydrogen-bond acceptors (Lipinski definition) is 5. The van der Waals surface area contributed by atoms with E-state index in [1.807, 2.05) is 12.1 Å². The second kappa shape index (κ2) is 14.2. The Morgan fingerprint density at radius 2 is 1.70 bits per heavy atom. The van der Waals surface area contributed by atoms with Crippen LogP contribution in [0.15, 0.2) is 34.2 Å². The molecule has 0 aliphatic heterocycles. The molecule has 0 bridgehead atoms. The lowest BCUT2D eigenvalue weighted by Crippen LogP contribution is -2.42. The van der Waals surface area contributed by atoms with Crippen molar-refractivity contribution < 1.29 is 13.2 Å². The molecule has 0 heterocycles. The Morgan fingerprint density at radius 3 is 2.23 bits per heavy atom. The number of likely N-dealkylation sites (N-methyl/N-ethyl adjacent to an activating group) is 1. The molecular weight excluding hydrogens is 515 g/mol. The number of ether oxygens (including phenoxy) is 1. The number of nitrogens with one attached hydrogen (secondary N) is 2. The summed E-state index contributed by atoms with van der Waals surface area (Å²) in [4.78, 5) is 6.72. The molecule has 174 valence electrons.